The molecule has 1 atom stereocenters. The molecule has 0 fully saturated rings. The number of amides is 1. The number of benzene rings is 1. The van der Waals surface area contributed by atoms with Crippen LogP contribution in [0.3, 0.4) is 0 Å². The maximum Gasteiger partial charge on any atom is 0.287 e. The molecule has 9 heteroatoms. The molecule has 0 bridgehead atoms. The molecule has 27 heavy (non-hydrogen) atoms. The highest BCUT2D eigenvalue weighted by molar-refractivity contribution is 7.89. The lowest BCUT2D eigenvalue weighted by Gasteiger charge is -2.19. The molecule has 1 aromatic heterocycles. The number of halogens is 1. The van der Waals surface area contributed by atoms with E-state index >= 15 is 0 Å². The molecule has 2 aromatic rings. The average Bonchev–Trinajstić information content (AvgIpc) is 3.03. The van der Waals surface area contributed by atoms with E-state index in [0.717, 1.165) is 0 Å². The van der Waals surface area contributed by atoms with Crippen molar-refractivity contribution < 1.29 is 26.8 Å². The van der Waals surface area contributed by atoms with Crippen LogP contribution in [0.4, 0.5) is 4.39 Å². The molecule has 1 unspecified atom stereocenters. The summed E-state index contributed by atoms with van der Waals surface area (Å²) in [5, 5.41) is 2.28. The van der Waals surface area contributed by atoms with Crippen molar-refractivity contribution in [3.8, 4) is 5.75 Å². The number of nitrogens with one attached hydrogen (secondary N) is 2. The first-order valence-corrected chi connectivity index (χ1v) is 9.69. The number of rotatable bonds is 6. The van der Waals surface area contributed by atoms with Crippen LogP contribution < -0.4 is 14.8 Å². The fourth-order valence-electron chi connectivity index (χ4n) is 2.34. The zero-order valence-corrected chi connectivity index (χ0v) is 16.6. The maximum absolute atomic E-state index is 13.8. The average molecular weight is 398 g/mol. The Morgan fingerprint density at radius 1 is 1.22 bits per heavy atom. The van der Waals surface area contributed by atoms with E-state index in [1.807, 2.05) is 0 Å². The van der Waals surface area contributed by atoms with Gasteiger partial charge in [-0.15, -0.1) is 0 Å². The first-order chi connectivity index (χ1) is 12.4. The number of ether oxygens (including phenoxy) is 1. The van der Waals surface area contributed by atoms with Gasteiger partial charge >= 0.3 is 0 Å². The van der Waals surface area contributed by atoms with Gasteiger partial charge in [0.1, 0.15) is 0 Å². The second-order valence-corrected chi connectivity index (χ2v) is 8.68. The van der Waals surface area contributed by atoms with Crippen LogP contribution in [0.15, 0.2) is 39.8 Å². The van der Waals surface area contributed by atoms with Crippen LogP contribution in [0.25, 0.3) is 0 Å². The van der Waals surface area contributed by atoms with Gasteiger partial charge in [0.2, 0.25) is 5.09 Å². The van der Waals surface area contributed by atoms with Crippen LogP contribution >= 0.6 is 0 Å². The van der Waals surface area contributed by atoms with Gasteiger partial charge in [-0.1, -0.05) is 6.07 Å². The summed E-state index contributed by atoms with van der Waals surface area (Å²) in [7, 11) is -2.52. The summed E-state index contributed by atoms with van der Waals surface area (Å²) in [5.74, 6) is -1.22. The summed E-state index contributed by atoms with van der Waals surface area (Å²) >= 11 is 0. The van der Waals surface area contributed by atoms with Crippen molar-refractivity contribution in [1.29, 1.82) is 0 Å². The van der Waals surface area contributed by atoms with Crippen molar-refractivity contribution >= 4 is 15.9 Å². The van der Waals surface area contributed by atoms with Crippen LogP contribution in [0.5, 0.6) is 5.75 Å². The zero-order chi connectivity index (χ0) is 20.4. The first kappa shape index (κ1) is 20.9. The molecule has 0 aliphatic heterocycles. The molecular formula is C18H23FN2O5S. The van der Waals surface area contributed by atoms with E-state index in [4.69, 9.17) is 9.15 Å². The highest BCUT2D eigenvalue weighted by atomic mass is 32.2. The summed E-state index contributed by atoms with van der Waals surface area (Å²) < 4.78 is 50.8. The van der Waals surface area contributed by atoms with Crippen LogP contribution in [0, 0.1) is 5.82 Å². The largest absolute Gasteiger partial charge is 0.494 e. The molecule has 0 radical (unpaired) electrons. The summed E-state index contributed by atoms with van der Waals surface area (Å²) in [6, 6.07) is 6.29. The second kappa shape index (κ2) is 7.69. The van der Waals surface area contributed by atoms with Crippen LogP contribution in [0.1, 0.15) is 49.9 Å². The molecule has 0 aliphatic rings. The number of methoxy groups -OCH3 is 1. The van der Waals surface area contributed by atoms with Gasteiger partial charge in [0.25, 0.3) is 15.9 Å². The minimum atomic E-state index is -3.88. The standard InChI is InChI=1S/C18H23FN2O5S/c1-11(12-6-7-14(25-5)13(19)10-12)20-17(22)15-8-9-16(26-15)27(23,24)21-18(2,3)4/h6-11,21H,1-5H3,(H,20,22). The Balaban J connectivity index is 2.13. The fourth-order valence-corrected chi connectivity index (χ4v) is 3.70. The smallest absolute Gasteiger partial charge is 0.287 e. The summed E-state index contributed by atoms with van der Waals surface area (Å²) in [6.45, 7) is 6.74. The van der Waals surface area contributed by atoms with E-state index in [2.05, 4.69) is 10.0 Å². The molecule has 0 spiro atoms. The lowest BCUT2D eigenvalue weighted by molar-refractivity contribution is 0.0906. The Morgan fingerprint density at radius 3 is 2.44 bits per heavy atom. The normalized spacial score (nSPS) is 13.3. The summed E-state index contributed by atoms with van der Waals surface area (Å²) in [5.41, 5.74) is -0.170. The minimum absolute atomic E-state index is 0.101. The monoisotopic (exact) mass is 398 g/mol. The van der Waals surface area contributed by atoms with Crippen molar-refractivity contribution in [2.45, 2.75) is 44.4 Å². The first-order valence-electron chi connectivity index (χ1n) is 8.21. The third-order valence-electron chi connectivity index (χ3n) is 3.53. The third kappa shape index (κ3) is 5.30. The quantitative estimate of drug-likeness (QED) is 0.780. The van der Waals surface area contributed by atoms with E-state index in [1.54, 1.807) is 33.8 Å². The predicted molar refractivity (Wildman–Crippen MR) is 97.6 cm³/mol. The molecule has 0 saturated carbocycles. The molecule has 2 rings (SSSR count). The number of furan rings is 1. The number of sulfonamides is 1. The lowest BCUT2D eigenvalue weighted by atomic mass is 10.1. The van der Waals surface area contributed by atoms with E-state index in [9.17, 15) is 17.6 Å². The van der Waals surface area contributed by atoms with Crippen LogP contribution in [-0.2, 0) is 10.0 Å². The van der Waals surface area contributed by atoms with Gasteiger partial charge in [-0.25, -0.2) is 17.5 Å². The number of hydrogen-bond donors (Lipinski definition) is 2. The van der Waals surface area contributed by atoms with E-state index in [-0.39, 0.29) is 16.6 Å². The second-order valence-electron chi connectivity index (χ2n) is 7.06. The Bertz CT molecular complexity index is 931. The van der Waals surface area contributed by atoms with Crippen molar-refractivity contribution in [2.24, 2.45) is 0 Å². The Hall–Kier alpha value is -2.39. The van der Waals surface area contributed by atoms with Crippen molar-refractivity contribution in [2.75, 3.05) is 7.11 Å². The van der Waals surface area contributed by atoms with Crippen molar-refractivity contribution in [1.82, 2.24) is 10.0 Å². The Morgan fingerprint density at radius 2 is 1.89 bits per heavy atom. The number of carbonyl (C=O) groups excluding carboxylic acids is 1. The maximum atomic E-state index is 13.8. The molecule has 1 aromatic carbocycles. The van der Waals surface area contributed by atoms with Gasteiger partial charge in [0.05, 0.1) is 13.2 Å². The Labute approximate surface area is 158 Å². The highest BCUT2D eigenvalue weighted by Crippen LogP contribution is 2.22. The molecule has 7 nitrogen and oxygen atoms in total. The van der Waals surface area contributed by atoms with Gasteiger partial charge in [-0.05, 0) is 57.5 Å². The van der Waals surface area contributed by atoms with Crippen LogP contribution in [-0.4, -0.2) is 27.0 Å². The highest BCUT2D eigenvalue weighted by Gasteiger charge is 2.26. The summed E-state index contributed by atoms with van der Waals surface area (Å²) in [6.07, 6.45) is 0. The van der Waals surface area contributed by atoms with Gasteiger partial charge in [-0.2, -0.15) is 0 Å². The third-order valence-corrected chi connectivity index (χ3v) is 5.16. The predicted octanol–water partition coefficient (Wildman–Crippen LogP) is 3.00. The van der Waals surface area contributed by atoms with Gasteiger partial charge in [0.15, 0.2) is 17.3 Å². The van der Waals surface area contributed by atoms with Crippen molar-refractivity contribution in [3.05, 3.63) is 47.5 Å². The van der Waals surface area contributed by atoms with Gasteiger partial charge in [0, 0.05) is 5.54 Å². The molecule has 0 saturated heterocycles. The van der Waals surface area contributed by atoms with Gasteiger partial charge in [-0.3, -0.25) is 4.79 Å². The molecule has 148 valence electrons. The van der Waals surface area contributed by atoms with E-state index in [0.29, 0.717) is 5.56 Å². The Kier molecular flexibility index (Phi) is 5.96. The van der Waals surface area contributed by atoms with Gasteiger partial charge < -0.3 is 14.5 Å². The van der Waals surface area contributed by atoms with E-state index in [1.165, 1.54) is 31.4 Å². The topological polar surface area (TPSA) is 97.6 Å². The van der Waals surface area contributed by atoms with E-state index < -0.39 is 33.3 Å². The number of hydrogen-bond acceptors (Lipinski definition) is 5. The lowest BCUT2D eigenvalue weighted by Crippen LogP contribution is -2.40. The summed E-state index contributed by atoms with van der Waals surface area (Å²) in [4.78, 5) is 12.3. The van der Waals surface area contributed by atoms with Crippen molar-refractivity contribution in [3.63, 3.8) is 0 Å². The molecular weight excluding hydrogens is 375 g/mol. The molecule has 2 N–H and O–H groups in total. The minimum Gasteiger partial charge on any atom is -0.494 e. The number of carbonyl (C=O) groups is 1. The zero-order valence-electron chi connectivity index (χ0n) is 15.8. The van der Waals surface area contributed by atoms with Crippen LogP contribution in [0.2, 0.25) is 0 Å². The molecule has 1 amide bonds. The fraction of sp³-hybridized carbons (Fsp3) is 0.389. The molecule has 1 heterocycles. The molecule has 0 aliphatic carbocycles. The SMILES string of the molecule is COc1ccc(C(C)NC(=O)c2ccc(S(=O)(=O)NC(C)(C)C)o2)cc1F.